The van der Waals surface area contributed by atoms with Crippen LogP contribution >= 0.6 is 11.6 Å². The lowest BCUT2D eigenvalue weighted by Gasteiger charge is -2.38. The fourth-order valence-electron chi connectivity index (χ4n) is 3.86. The number of nitro groups is 1. The first-order valence-electron chi connectivity index (χ1n) is 9.22. The number of rotatable bonds is 3. The van der Waals surface area contributed by atoms with E-state index in [1.54, 1.807) is 12.1 Å². The molecule has 6 nitrogen and oxygen atoms in total. The smallest absolute Gasteiger partial charge is 0.269 e. The Kier molecular flexibility index (Phi) is 4.21. The first kappa shape index (κ1) is 17.7. The molecule has 0 saturated heterocycles. The van der Waals surface area contributed by atoms with E-state index in [0.29, 0.717) is 17.0 Å². The summed E-state index contributed by atoms with van der Waals surface area (Å²) in [5, 5.41) is 18.7. The van der Waals surface area contributed by atoms with Gasteiger partial charge in [-0.3, -0.25) is 10.1 Å². The standard InChI is InChI=1S/C22H16ClN3O3/c23-16-10-8-14(9-11-16)19-13-20-18-6-1-2-7-21(18)29-22(25(20)24-19)15-4-3-5-17(12-15)26(27)28/h1-12,20,22H,13H2/t20-,22-/m1/s1. The molecule has 2 atom stereocenters. The number of hydrogen-bond acceptors (Lipinski definition) is 5. The van der Waals surface area contributed by atoms with Crippen molar-refractivity contribution < 1.29 is 9.66 Å². The van der Waals surface area contributed by atoms with E-state index in [2.05, 4.69) is 0 Å². The monoisotopic (exact) mass is 405 g/mol. The number of benzene rings is 3. The highest BCUT2D eigenvalue weighted by atomic mass is 35.5. The quantitative estimate of drug-likeness (QED) is 0.426. The van der Waals surface area contributed by atoms with Crippen LogP contribution in [0.25, 0.3) is 0 Å². The van der Waals surface area contributed by atoms with E-state index in [9.17, 15) is 10.1 Å². The van der Waals surface area contributed by atoms with Gasteiger partial charge in [0.15, 0.2) is 0 Å². The molecule has 0 saturated carbocycles. The van der Waals surface area contributed by atoms with Gasteiger partial charge in [-0.2, -0.15) is 5.10 Å². The second kappa shape index (κ2) is 6.90. The lowest BCUT2D eigenvalue weighted by Crippen LogP contribution is -2.33. The van der Waals surface area contributed by atoms with Gasteiger partial charge in [-0.15, -0.1) is 0 Å². The number of halogens is 1. The number of hydrogen-bond donors (Lipinski definition) is 0. The van der Waals surface area contributed by atoms with Crippen molar-refractivity contribution >= 4 is 23.0 Å². The highest BCUT2D eigenvalue weighted by Gasteiger charge is 2.41. The van der Waals surface area contributed by atoms with Crippen LogP contribution in [0.3, 0.4) is 0 Å². The van der Waals surface area contributed by atoms with E-state index in [-0.39, 0.29) is 11.7 Å². The maximum absolute atomic E-state index is 11.2. The summed E-state index contributed by atoms with van der Waals surface area (Å²) in [4.78, 5) is 10.8. The summed E-state index contributed by atoms with van der Waals surface area (Å²) in [7, 11) is 0. The summed E-state index contributed by atoms with van der Waals surface area (Å²) in [5.41, 5.74) is 3.71. The zero-order chi connectivity index (χ0) is 20.0. The SMILES string of the molecule is O=[N+]([O-])c1cccc([C@H]2Oc3ccccc3[C@H]3CC(c4ccc(Cl)cc4)=NN32)c1. The van der Waals surface area contributed by atoms with Crippen LogP contribution in [0.5, 0.6) is 5.75 Å². The van der Waals surface area contributed by atoms with E-state index in [1.165, 1.54) is 6.07 Å². The van der Waals surface area contributed by atoms with Gasteiger partial charge in [-0.1, -0.05) is 54.1 Å². The Bertz CT molecular complexity index is 1130. The number of ether oxygens (including phenoxy) is 1. The van der Waals surface area contributed by atoms with Crippen molar-refractivity contribution in [2.45, 2.75) is 18.7 Å². The summed E-state index contributed by atoms with van der Waals surface area (Å²) in [6.45, 7) is 0. The average Bonchev–Trinajstić information content (AvgIpc) is 3.19. The molecular weight excluding hydrogens is 390 g/mol. The molecule has 2 aliphatic heterocycles. The Morgan fingerprint density at radius 3 is 2.66 bits per heavy atom. The van der Waals surface area contributed by atoms with Gasteiger partial charge in [-0.05, 0) is 23.8 Å². The number of nitrogens with zero attached hydrogens (tertiary/aromatic N) is 3. The number of non-ortho nitro benzene ring substituents is 1. The molecule has 0 aliphatic carbocycles. The van der Waals surface area contributed by atoms with Crippen LogP contribution in [0.15, 0.2) is 77.9 Å². The minimum Gasteiger partial charge on any atom is -0.464 e. The summed E-state index contributed by atoms with van der Waals surface area (Å²) in [5.74, 6) is 0.776. The van der Waals surface area contributed by atoms with Crippen LogP contribution in [0.4, 0.5) is 5.69 Å². The lowest BCUT2D eigenvalue weighted by atomic mass is 9.96. The zero-order valence-electron chi connectivity index (χ0n) is 15.2. The fourth-order valence-corrected chi connectivity index (χ4v) is 3.99. The molecule has 0 bridgehead atoms. The van der Waals surface area contributed by atoms with Gasteiger partial charge in [0, 0.05) is 34.7 Å². The van der Waals surface area contributed by atoms with Crippen molar-refractivity contribution in [1.29, 1.82) is 0 Å². The third-order valence-corrected chi connectivity index (χ3v) is 5.49. The molecule has 5 rings (SSSR count). The Hall–Kier alpha value is -3.38. The second-order valence-electron chi connectivity index (χ2n) is 7.01. The zero-order valence-corrected chi connectivity index (χ0v) is 16.0. The van der Waals surface area contributed by atoms with E-state index >= 15 is 0 Å². The largest absolute Gasteiger partial charge is 0.464 e. The van der Waals surface area contributed by atoms with Gasteiger partial charge in [0.1, 0.15) is 5.75 Å². The number of hydrazone groups is 1. The molecule has 3 aromatic carbocycles. The van der Waals surface area contributed by atoms with Gasteiger partial charge in [-0.25, -0.2) is 5.01 Å². The van der Waals surface area contributed by atoms with E-state index in [1.807, 2.05) is 59.6 Å². The van der Waals surface area contributed by atoms with E-state index < -0.39 is 11.2 Å². The van der Waals surface area contributed by atoms with Crippen LogP contribution in [-0.2, 0) is 0 Å². The van der Waals surface area contributed by atoms with Gasteiger partial charge in [0.25, 0.3) is 5.69 Å². The predicted molar refractivity (Wildman–Crippen MR) is 110 cm³/mol. The van der Waals surface area contributed by atoms with Crippen molar-refractivity contribution in [3.8, 4) is 5.75 Å². The van der Waals surface area contributed by atoms with E-state index in [4.69, 9.17) is 21.4 Å². The number of nitro benzene ring substituents is 1. The lowest BCUT2D eigenvalue weighted by molar-refractivity contribution is -0.385. The molecule has 0 spiro atoms. The molecule has 0 amide bonds. The maximum atomic E-state index is 11.2. The van der Waals surface area contributed by atoms with Crippen molar-refractivity contribution in [2.75, 3.05) is 0 Å². The Balaban J connectivity index is 1.59. The molecule has 0 aromatic heterocycles. The topological polar surface area (TPSA) is 68.0 Å². The molecule has 0 unspecified atom stereocenters. The normalized spacial score (nSPS) is 19.8. The molecule has 2 heterocycles. The Morgan fingerprint density at radius 1 is 1.07 bits per heavy atom. The molecular formula is C22H16ClN3O3. The van der Waals surface area contributed by atoms with Crippen LogP contribution in [0.2, 0.25) is 5.02 Å². The third kappa shape index (κ3) is 3.11. The molecule has 2 aliphatic rings. The van der Waals surface area contributed by atoms with Gasteiger partial charge >= 0.3 is 0 Å². The van der Waals surface area contributed by atoms with Crippen molar-refractivity contribution in [3.05, 3.63) is 105 Å². The van der Waals surface area contributed by atoms with Gasteiger partial charge in [0.05, 0.1) is 16.7 Å². The van der Waals surface area contributed by atoms with Gasteiger partial charge in [0.2, 0.25) is 6.23 Å². The Morgan fingerprint density at radius 2 is 1.86 bits per heavy atom. The van der Waals surface area contributed by atoms with Crippen LogP contribution in [-0.4, -0.2) is 15.6 Å². The van der Waals surface area contributed by atoms with Crippen molar-refractivity contribution in [1.82, 2.24) is 5.01 Å². The summed E-state index contributed by atoms with van der Waals surface area (Å²) in [6, 6.07) is 22.0. The maximum Gasteiger partial charge on any atom is 0.269 e. The van der Waals surface area contributed by atoms with Crippen LogP contribution in [0.1, 0.15) is 35.4 Å². The Labute approximate surface area is 172 Å². The van der Waals surface area contributed by atoms with Crippen molar-refractivity contribution in [2.24, 2.45) is 5.10 Å². The summed E-state index contributed by atoms with van der Waals surface area (Å²) >= 11 is 6.03. The first-order chi connectivity index (χ1) is 14.1. The van der Waals surface area contributed by atoms with E-state index in [0.717, 1.165) is 22.6 Å². The molecule has 0 radical (unpaired) electrons. The minimum absolute atomic E-state index is 0.00473. The summed E-state index contributed by atoms with van der Waals surface area (Å²) in [6.07, 6.45) is 0.174. The number of para-hydroxylation sites is 1. The highest BCUT2D eigenvalue weighted by molar-refractivity contribution is 6.30. The second-order valence-corrected chi connectivity index (χ2v) is 7.45. The molecule has 29 heavy (non-hydrogen) atoms. The third-order valence-electron chi connectivity index (χ3n) is 5.24. The molecule has 0 N–H and O–H groups in total. The molecule has 3 aromatic rings. The van der Waals surface area contributed by atoms with Crippen molar-refractivity contribution in [3.63, 3.8) is 0 Å². The van der Waals surface area contributed by atoms with Crippen LogP contribution in [0, 0.1) is 10.1 Å². The van der Waals surface area contributed by atoms with Gasteiger partial charge < -0.3 is 4.74 Å². The summed E-state index contributed by atoms with van der Waals surface area (Å²) < 4.78 is 6.25. The number of fused-ring (bicyclic) bond motifs is 3. The average molecular weight is 406 g/mol. The highest BCUT2D eigenvalue weighted by Crippen LogP contribution is 2.47. The molecule has 7 heteroatoms. The predicted octanol–water partition coefficient (Wildman–Crippen LogP) is 5.49. The molecule has 0 fully saturated rings. The molecule has 144 valence electrons. The fraction of sp³-hybridized carbons (Fsp3) is 0.136. The minimum atomic E-state index is -0.542. The van der Waals surface area contributed by atoms with Crippen LogP contribution < -0.4 is 4.74 Å². The first-order valence-corrected chi connectivity index (χ1v) is 9.59.